The van der Waals surface area contributed by atoms with Crippen molar-refractivity contribution in [1.82, 2.24) is 25.6 Å². The number of nitro benzene ring substituents is 1. The van der Waals surface area contributed by atoms with E-state index in [1.807, 2.05) is 0 Å². The molecule has 1 unspecified atom stereocenters. The average molecular weight is 722 g/mol. The van der Waals surface area contributed by atoms with Crippen LogP contribution in [0.4, 0.5) is 15.3 Å². The Balaban J connectivity index is 1.37. The molecule has 3 aliphatic heterocycles. The topological polar surface area (TPSA) is 278 Å². The number of carbonyl (C=O) groups excluding carboxylic acids is 6. The highest BCUT2D eigenvalue weighted by molar-refractivity contribution is 8.02. The van der Waals surface area contributed by atoms with Crippen LogP contribution >= 0.6 is 11.8 Å². The van der Waals surface area contributed by atoms with Gasteiger partial charge < -0.3 is 25.4 Å². The molecule has 6 amide bonds. The van der Waals surface area contributed by atoms with Crippen LogP contribution in [-0.4, -0.2) is 104 Å². The maximum absolute atomic E-state index is 13.8. The third-order valence-electron chi connectivity index (χ3n) is 7.65. The van der Waals surface area contributed by atoms with Gasteiger partial charge in [0.15, 0.2) is 5.25 Å². The zero-order valence-corrected chi connectivity index (χ0v) is 26.8. The Morgan fingerprint density at radius 2 is 1.78 bits per heavy atom. The highest BCUT2D eigenvalue weighted by atomic mass is 32.2. The molecule has 0 aliphatic carbocycles. The van der Waals surface area contributed by atoms with Crippen LogP contribution in [0.3, 0.4) is 0 Å². The molecule has 3 heterocycles. The number of non-ortho nitro benzene ring substituents is 1. The van der Waals surface area contributed by atoms with E-state index in [0.29, 0.717) is 5.56 Å². The number of hydrazine groups is 1. The van der Waals surface area contributed by atoms with Crippen LogP contribution in [0.25, 0.3) is 0 Å². The molecule has 0 radical (unpaired) electrons. The van der Waals surface area contributed by atoms with Gasteiger partial charge in [0.2, 0.25) is 16.7 Å². The van der Waals surface area contributed by atoms with Crippen LogP contribution in [0.2, 0.25) is 0 Å². The predicted octanol–water partition coefficient (Wildman–Crippen LogP) is -0.390. The first-order chi connectivity index (χ1) is 23.0. The van der Waals surface area contributed by atoms with Gasteiger partial charge in [-0.3, -0.25) is 34.0 Å². The summed E-state index contributed by atoms with van der Waals surface area (Å²) >= 11 is 0.756. The Morgan fingerprint density at radius 1 is 1.12 bits per heavy atom. The number of nitrogens with zero attached hydrogens (tertiary/aromatic N) is 4. The van der Waals surface area contributed by atoms with Gasteiger partial charge in [-0.15, -0.1) is 0 Å². The number of nitrogens with two attached hydrogens (primary N) is 1. The standard InChI is InChI=1S/C27H27N7O13S2/c1-14(35)47-18-8-4-16(5-9-18)20(49(43,44)45)21(36)29-19-22(37)31-13-27(48-23(19)31,32-10-11-33(26(32)40)30-25(28)39)24(38)46-12-15-2-6-17(7-3-15)34(41)42/h2-9,19-20,23H,10-13H2,1H3,(H,29,36)(H3,28,30,39)(H,43,44,45)/t19-,20?,23-,27-/m1/s1. The van der Waals surface area contributed by atoms with Gasteiger partial charge in [0.05, 0.1) is 18.0 Å². The van der Waals surface area contributed by atoms with E-state index in [0.717, 1.165) is 45.6 Å². The Labute approximate surface area is 280 Å². The zero-order chi connectivity index (χ0) is 35.8. The number of esters is 2. The first-order valence-electron chi connectivity index (χ1n) is 14.1. The van der Waals surface area contributed by atoms with Gasteiger partial charge in [-0.1, -0.05) is 23.9 Å². The van der Waals surface area contributed by atoms with Gasteiger partial charge in [0.1, 0.15) is 23.8 Å². The van der Waals surface area contributed by atoms with Crippen molar-refractivity contribution in [3.05, 3.63) is 69.8 Å². The van der Waals surface area contributed by atoms with Crippen molar-refractivity contribution in [3.63, 3.8) is 0 Å². The van der Waals surface area contributed by atoms with Gasteiger partial charge in [0, 0.05) is 25.6 Å². The lowest BCUT2D eigenvalue weighted by Crippen LogP contribution is -2.68. The van der Waals surface area contributed by atoms with E-state index in [1.165, 1.54) is 36.4 Å². The molecule has 3 saturated heterocycles. The smallest absolute Gasteiger partial charge is 0.345 e. The SMILES string of the molecule is CC(=O)Oc1ccc(C(C(=O)N[C@@H]2C(=O)N3C[C@@](C(=O)OCc4ccc([N+](=O)[O-])cc4)(N4CCN(NC(N)=O)C4=O)S[C@H]23)S(=O)(=O)O)cc1. The van der Waals surface area contributed by atoms with Crippen molar-refractivity contribution >= 4 is 63.4 Å². The summed E-state index contributed by atoms with van der Waals surface area (Å²) in [5.74, 6) is -3.64. The molecule has 0 aromatic heterocycles. The van der Waals surface area contributed by atoms with Gasteiger partial charge in [-0.25, -0.2) is 24.8 Å². The molecule has 5 N–H and O–H groups in total. The summed E-state index contributed by atoms with van der Waals surface area (Å²) in [4.78, 5) is 87.0. The van der Waals surface area contributed by atoms with Crippen molar-refractivity contribution in [2.45, 2.75) is 35.1 Å². The number of hydrogen-bond donors (Lipinski definition) is 4. The van der Waals surface area contributed by atoms with Gasteiger partial charge in [-0.05, 0) is 35.4 Å². The summed E-state index contributed by atoms with van der Waals surface area (Å²) in [6.45, 7) is 0.0877. The van der Waals surface area contributed by atoms with E-state index < -0.39 is 78.9 Å². The number of carbonyl (C=O) groups is 6. The number of hydrogen-bond acceptors (Lipinski definition) is 13. The Kier molecular flexibility index (Phi) is 9.39. The van der Waals surface area contributed by atoms with E-state index >= 15 is 0 Å². The van der Waals surface area contributed by atoms with Crippen molar-refractivity contribution in [3.8, 4) is 5.75 Å². The first kappa shape index (κ1) is 34.8. The van der Waals surface area contributed by atoms with Crippen molar-refractivity contribution in [2.24, 2.45) is 5.73 Å². The quantitative estimate of drug-likeness (QED) is 0.0575. The number of primary amides is 1. The van der Waals surface area contributed by atoms with Crippen LogP contribution in [0.15, 0.2) is 48.5 Å². The summed E-state index contributed by atoms with van der Waals surface area (Å²) in [6, 6.07) is 6.45. The Morgan fingerprint density at radius 3 is 2.35 bits per heavy atom. The predicted molar refractivity (Wildman–Crippen MR) is 164 cm³/mol. The maximum atomic E-state index is 13.8. The van der Waals surface area contributed by atoms with Crippen LogP contribution in [0, 0.1) is 10.1 Å². The molecule has 4 atom stereocenters. The summed E-state index contributed by atoms with van der Waals surface area (Å²) < 4.78 is 45.0. The van der Waals surface area contributed by atoms with E-state index in [2.05, 4.69) is 10.7 Å². The molecule has 0 spiro atoms. The number of β-lactam (4-membered cyclic amide) rings is 1. The Bertz CT molecular complexity index is 1840. The molecule has 2 aromatic rings. The molecular formula is C27H27N7O13S2. The molecular weight excluding hydrogens is 694 g/mol. The number of ether oxygens (including phenoxy) is 2. The van der Waals surface area contributed by atoms with Crippen LogP contribution in [-0.2, 0) is 40.6 Å². The summed E-state index contributed by atoms with van der Waals surface area (Å²) in [7, 11) is -5.10. The second-order valence-electron chi connectivity index (χ2n) is 10.9. The van der Waals surface area contributed by atoms with Crippen LogP contribution in [0.5, 0.6) is 5.75 Å². The number of thioether (sulfide) groups is 1. The van der Waals surface area contributed by atoms with E-state index in [1.54, 1.807) is 0 Å². The third-order valence-corrected chi connectivity index (χ3v) is 10.4. The highest BCUT2D eigenvalue weighted by Gasteiger charge is 2.67. The first-order valence-corrected chi connectivity index (χ1v) is 16.5. The number of rotatable bonds is 11. The fourth-order valence-corrected chi connectivity index (χ4v) is 7.98. The van der Waals surface area contributed by atoms with Gasteiger partial charge >= 0.3 is 24.0 Å². The zero-order valence-electron chi connectivity index (χ0n) is 25.2. The van der Waals surface area contributed by atoms with E-state index in [-0.39, 0.29) is 36.7 Å². The molecule has 2 aromatic carbocycles. The number of fused-ring (bicyclic) bond motifs is 1. The second kappa shape index (κ2) is 13.2. The summed E-state index contributed by atoms with van der Waals surface area (Å²) in [6.07, 6.45) is 0. The molecule has 0 saturated carbocycles. The lowest BCUT2D eigenvalue weighted by molar-refractivity contribution is -0.384. The molecule has 260 valence electrons. The fraction of sp³-hybridized carbons (Fsp3) is 0.333. The highest BCUT2D eigenvalue weighted by Crippen LogP contribution is 2.50. The van der Waals surface area contributed by atoms with E-state index in [4.69, 9.17) is 15.2 Å². The number of amides is 6. The van der Waals surface area contributed by atoms with Crippen molar-refractivity contribution in [1.29, 1.82) is 0 Å². The summed E-state index contributed by atoms with van der Waals surface area (Å²) in [5, 5.41) is 10.9. The normalized spacial score (nSPS) is 22.1. The minimum atomic E-state index is -5.10. The molecule has 22 heteroatoms. The third kappa shape index (κ3) is 6.91. The Hall–Kier alpha value is -5.48. The van der Waals surface area contributed by atoms with Crippen molar-refractivity contribution < 1.29 is 56.1 Å². The number of urea groups is 2. The monoisotopic (exact) mass is 721 g/mol. The molecule has 5 rings (SSSR count). The molecule has 49 heavy (non-hydrogen) atoms. The lowest BCUT2D eigenvalue weighted by atomic mass is 10.0. The van der Waals surface area contributed by atoms with Crippen LogP contribution < -0.4 is 21.2 Å². The average Bonchev–Trinajstić information content (AvgIpc) is 3.57. The minimum absolute atomic E-state index is 0.0378. The van der Waals surface area contributed by atoms with Gasteiger partial charge in [-0.2, -0.15) is 8.42 Å². The fourth-order valence-electron chi connectivity index (χ4n) is 5.44. The second-order valence-corrected chi connectivity index (χ2v) is 13.8. The largest absolute Gasteiger partial charge is 0.458 e. The van der Waals surface area contributed by atoms with Crippen molar-refractivity contribution in [2.75, 3.05) is 19.6 Å². The number of nitrogens with one attached hydrogen (secondary N) is 2. The van der Waals surface area contributed by atoms with E-state index in [9.17, 15) is 51.9 Å². The number of benzene rings is 2. The summed E-state index contributed by atoms with van der Waals surface area (Å²) in [5.41, 5.74) is 7.23. The lowest BCUT2D eigenvalue weighted by Gasteiger charge is -2.41. The molecule has 3 aliphatic rings. The maximum Gasteiger partial charge on any atom is 0.345 e. The number of nitro groups is 1. The molecule has 20 nitrogen and oxygen atoms in total. The molecule has 3 fully saturated rings. The minimum Gasteiger partial charge on any atom is -0.458 e. The van der Waals surface area contributed by atoms with Gasteiger partial charge in [0.25, 0.3) is 15.8 Å². The van der Waals surface area contributed by atoms with Crippen LogP contribution in [0.1, 0.15) is 23.3 Å². The molecule has 0 bridgehead atoms.